The van der Waals surface area contributed by atoms with E-state index in [4.69, 9.17) is 4.74 Å². The monoisotopic (exact) mass is 512 g/mol. The van der Waals surface area contributed by atoms with E-state index in [0.29, 0.717) is 18.3 Å². The van der Waals surface area contributed by atoms with Crippen LogP contribution in [0.25, 0.3) is 5.57 Å². The van der Waals surface area contributed by atoms with Gasteiger partial charge < -0.3 is 4.74 Å². The number of carbonyl (C=O) groups excluding carboxylic acids is 1. The Morgan fingerprint density at radius 1 is 0.974 bits per heavy atom. The Kier molecular flexibility index (Phi) is 6.95. The zero-order valence-corrected chi connectivity index (χ0v) is 23.0. The third-order valence-corrected chi connectivity index (χ3v) is 8.77. The summed E-state index contributed by atoms with van der Waals surface area (Å²) >= 11 is 0. The third-order valence-electron chi connectivity index (χ3n) is 8.77. The lowest BCUT2D eigenvalue weighted by Crippen LogP contribution is -2.31. The summed E-state index contributed by atoms with van der Waals surface area (Å²) in [7, 11) is 0. The van der Waals surface area contributed by atoms with Crippen molar-refractivity contribution in [2.24, 2.45) is 11.8 Å². The molecule has 3 aliphatic rings. The van der Waals surface area contributed by atoms with Crippen LogP contribution < -0.4 is 4.74 Å². The molecule has 0 spiro atoms. The number of rotatable bonds is 6. The van der Waals surface area contributed by atoms with Crippen molar-refractivity contribution < 1.29 is 9.53 Å². The van der Waals surface area contributed by atoms with Gasteiger partial charge in [-0.2, -0.15) is 0 Å². The van der Waals surface area contributed by atoms with Crippen LogP contribution in [0.4, 0.5) is 0 Å². The second-order valence-corrected chi connectivity index (χ2v) is 11.4. The highest BCUT2D eigenvalue weighted by Gasteiger charge is 2.39. The number of ketones is 1. The van der Waals surface area contributed by atoms with Crippen LogP contribution in [0.3, 0.4) is 0 Å². The predicted octanol–water partition coefficient (Wildman–Crippen LogP) is 8.79. The molecule has 0 fully saturated rings. The number of ether oxygens (including phenoxy) is 1. The first-order chi connectivity index (χ1) is 19.0. The molecule has 0 radical (unpaired) electrons. The largest absolute Gasteiger partial charge is 0.489 e. The topological polar surface area (TPSA) is 26.3 Å². The number of aryl methyl sites for hydroxylation is 1. The van der Waals surface area contributed by atoms with E-state index in [9.17, 15) is 4.79 Å². The van der Waals surface area contributed by atoms with Crippen LogP contribution in [0.1, 0.15) is 60.8 Å². The molecule has 0 aromatic heterocycles. The molecular weight excluding hydrogens is 476 g/mol. The lowest BCUT2D eigenvalue weighted by molar-refractivity contribution is -0.119. The molecule has 0 saturated carbocycles. The van der Waals surface area contributed by atoms with Crippen molar-refractivity contribution in [2.75, 3.05) is 6.61 Å². The van der Waals surface area contributed by atoms with E-state index in [0.717, 1.165) is 42.6 Å². The average molecular weight is 513 g/mol. The Labute approximate surface area is 232 Å². The fraction of sp³-hybridized carbons (Fsp3) is 0.270. The summed E-state index contributed by atoms with van der Waals surface area (Å²) in [4.78, 5) is 14.2. The van der Waals surface area contributed by atoms with Crippen LogP contribution in [0.5, 0.6) is 5.75 Å². The van der Waals surface area contributed by atoms with Crippen LogP contribution in [0, 0.1) is 18.8 Å². The summed E-state index contributed by atoms with van der Waals surface area (Å²) in [5.74, 6) is 1.63. The minimum absolute atomic E-state index is 0.0197. The first-order valence-corrected chi connectivity index (χ1v) is 14.2. The summed E-state index contributed by atoms with van der Waals surface area (Å²) in [6.45, 7) is 9.00. The number of benzene rings is 3. The van der Waals surface area contributed by atoms with E-state index in [1.165, 1.54) is 39.0 Å². The lowest BCUT2D eigenvalue weighted by Gasteiger charge is -2.36. The zero-order chi connectivity index (χ0) is 26.9. The van der Waals surface area contributed by atoms with Gasteiger partial charge in [0.15, 0.2) is 5.78 Å². The van der Waals surface area contributed by atoms with Gasteiger partial charge in [-0.25, -0.2) is 0 Å². The van der Waals surface area contributed by atoms with Crippen molar-refractivity contribution in [2.45, 2.75) is 45.4 Å². The standard InChI is InChI=1S/C37H36O2/c1-4-31-30(23-39-34-19-24(2)15-17-33(31)34)22-26-16-18-32-29(21-26)20-25(3)35(37(32)38)36(27-11-7-5-8-12-27)28-13-9-6-10-14-28/h4-15,17,19-20,26,35-36H,1,16,18,21-23H2,2-3H3. The molecule has 1 aliphatic heterocycles. The van der Waals surface area contributed by atoms with Crippen molar-refractivity contribution in [1.82, 2.24) is 0 Å². The van der Waals surface area contributed by atoms with Crippen LogP contribution in [0.2, 0.25) is 0 Å². The molecule has 1 heterocycles. The van der Waals surface area contributed by atoms with Crippen LogP contribution in [-0.2, 0) is 4.79 Å². The molecule has 3 aromatic carbocycles. The highest BCUT2D eigenvalue weighted by atomic mass is 16.5. The number of hydrogen-bond acceptors (Lipinski definition) is 2. The zero-order valence-electron chi connectivity index (χ0n) is 23.0. The van der Waals surface area contributed by atoms with E-state index in [1.807, 2.05) is 18.2 Å². The van der Waals surface area contributed by atoms with Gasteiger partial charge in [0.1, 0.15) is 12.4 Å². The molecule has 3 aromatic rings. The number of allylic oxidation sites excluding steroid dienone is 6. The maximum Gasteiger partial charge on any atom is 0.167 e. The second-order valence-electron chi connectivity index (χ2n) is 11.4. The molecule has 0 amide bonds. The highest BCUT2D eigenvalue weighted by Crippen LogP contribution is 2.46. The summed E-state index contributed by atoms with van der Waals surface area (Å²) in [6, 6.07) is 27.5. The highest BCUT2D eigenvalue weighted by molar-refractivity contribution is 6.02. The van der Waals surface area contributed by atoms with Crippen LogP contribution in [-0.4, -0.2) is 12.4 Å². The number of fused-ring (bicyclic) bond motifs is 1. The summed E-state index contributed by atoms with van der Waals surface area (Å²) in [6.07, 6.45) is 8.13. The number of carbonyl (C=O) groups is 1. The van der Waals surface area contributed by atoms with E-state index in [1.54, 1.807) is 0 Å². The maximum atomic E-state index is 14.2. The summed E-state index contributed by atoms with van der Waals surface area (Å²) < 4.78 is 6.17. The van der Waals surface area contributed by atoms with Gasteiger partial charge in [0.05, 0.1) is 5.92 Å². The van der Waals surface area contributed by atoms with E-state index in [-0.39, 0.29) is 11.8 Å². The second kappa shape index (κ2) is 10.7. The van der Waals surface area contributed by atoms with Gasteiger partial charge in [-0.3, -0.25) is 4.79 Å². The van der Waals surface area contributed by atoms with Gasteiger partial charge in [-0.1, -0.05) is 97.1 Å². The maximum absolute atomic E-state index is 14.2. The molecule has 0 saturated heterocycles. The molecular formula is C37H36O2. The minimum atomic E-state index is -0.160. The normalized spacial score (nSPS) is 20.8. The van der Waals surface area contributed by atoms with Gasteiger partial charge in [0.2, 0.25) is 0 Å². The molecule has 2 atom stereocenters. The van der Waals surface area contributed by atoms with E-state index in [2.05, 4.69) is 93.2 Å². The predicted molar refractivity (Wildman–Crippen MR) is 160 cm³/mol. The smallest absolute Gasteiger partial charge is 0.167 e. The van der Waals surface area contributed by atoms with Gasteiger partial charge >= 0.3 is 0 Å². The first kappa shape index (κ1) is 25.4. The Bertz CT molecular complexity index is 1460. The van der Waals surface area contributed by atoms with Crippen molar-refractivity contribution in [3.05, 3.63) is 142 Å². The van der Waals surface area contributed by atoms with E-state index < -0.39 is 0 Å². The number of hydrogen-bond donors (Lipinski definition) is 0. The summed E-state index contributed by atoms with van der Waals surface area (Å²) in [5.41, 5.74) is 10.8. The Morgan fingerprint density at radius 3 is 2.33 bits per heavy atom. The quantitative estimate of drug-likeness (QED) is 0.330. The fourth-order valence-corrected chi connectivity index (χ4v) is 6.89. The molecule has 2 nitrogen and oxygen atoms in total. The molecule has 2 unspecified atom stereocenters. The van der Waals surface area contributed by atoms with Crippen molar-refractivity contribution >= 4 is 11.4 Å². The molecule has 6 rings (SSSR count). The Hall–Kier alpha value is -3.91. The molecule has 0 N–H and O–H groups in total. The third kappa shape index (κ3) is 4.85. The molecule has 2 aliphatic carbocycles. The molecule has 0 bridgehead atoms. The minimum Gasteiger partial charge on any atom is -0.489 e. The van der Waals surface area contributed by atoms with Gasteiger partial charge in [0, 0.05) is 11.5 Å². The van der Waals surface area contributed by atoms with Gasteiger partial charge in [0.25, 0.3) is 0 Å². The SMILES string of the molecule is C=CC1=C(CC2CCC3=C(C=C(C)C(C(c4ccccc4)c4ccccc4)C3=O)C2)COc2cc(C)ccc21. The van der Waals surface area contributed by atoms with Crippen molar-refractivity contribution in [3.63, 3.8) is 0 Å². The van der Waals surface area contributed by atoms with Crippen molar-refractivity contribution in [1.29, 1.82) is 0 Å². The average Bonchev–Trinajstić information content (AvgIpc) is 2.96. The van der Waals surface area contributed by atoms with Gasteiger partial charge in [-0.15, -0.1) is 0 Å². The number of Topliss-reactive ketones (excluding diaryl/α,β-unsaturated/α-hetero) is 1. The van der Waals surface area contributed by atoms with Crippen LogP contribution in [0.15, 0.2) is 120 Å². The lowest BCUT2D eigenvalue weighted by atomic mass is 9.67. The van der Waals surface area contributed by atoms with E-state index >= 15 is 0 Å². The fourth-order valence-electron chi connectivity index (χ4n) is 6.89. The van der Waals surface area contributed by atoms with Crippen molar-refractivity contribution in [3.8, 4) is 5.75 Å². The molecule has 196 valence electrons. The molecule has 39 heavy (non-hydrogen) atoms. The Balaban J connectivity index is 1.27. The first-order valence-electron chi connectivity index (χ1n) is 14.2. The molecule has 2 heteroatoms. The van der Waals surface area contributed by atoms with Crippen LogP contribution >= 0.6 is 0 Å². The Morgan fingerprint density at radius 2 is 1.67 bits per heavy atom. The summed E-state index contributed by atoms with van der Waals surface area (Å²) in [5, 5.41) is 0. The van der Waals surface area contributed by atoms with Gasteiger partial charge in [-0.05, 0) is 90.5 Å².